The van der Waals surface area contributed by atoms with Crippen molar-refractivity contribution in [3.63, 3.8) is 0 Å². The largest absolute Gasteiger partial charge is 0.490 e. The van der Waals surface area contributed by atoms with Crippen LogP contribution in [0.2, 0.25) is 0 Å². The maximum absolute atomic E-state index is 8.62. The van der Waals surface area contributed by atoms with Crippen LogP contribution in [0.3, 0.4) is 0 Å². The summed E-state index contributed by atoms with van der Waals surface area (Å²) in [5.74, 6) is 3.15. The highest BCUT2D eigenvalue weighted by Gasteiger charge is 2.16. The summed E-state index contributed by atoms with van der Waals surface area (Å²) in [7, 11) is 0. The minimum Gasteiger partial charge on any atom is -0.490 e. The lowest BCUT2D eigenvalue weighted by molar-refractivity contribution is 0.229. The van der Waals surface area contributed by atoms with Gasteiger partial charge in [-0.15, -0.1) is 0 Å². The van der Waals surface area contributed by atoms with Gasteiger partial charge >= 0.3 is 0 Å². The summed E-state index contributed by atoms with van der Waals surface area (Å²) in [6.45, 7) is 0. The van der Waals surface area contributed by atoms with Crippen molar-refractivity contribution in [2.24, 2.45) is 0 Å². The van der Waals surface area contributed by atoms with Gasteiger partial charge in [0.25, 0.3) is 0 Å². The van der Waals surface area contributed by atoms with Crippen LogP contribution in [0.4, 0.5) is 0 Å². The highest BCUT2D eigenvalue weighted by atomic mass is 32.2. The van der Waals surface area contributed by atoms with Crippen molar-refractivity contribution in [2.75, 3.05) is 11.5 Å². The van der Waals surface area contributed by atoms with Crippen LogP contribution < -0.4 is 4.74 Å². The number of rotatable bonds is 2. The summed E-state index contributed by atoms with van der Waals surface area (Å²) in [5, 5.41) is 8.62. The predicted octanol–water partition coefficient (Wildman–Crippen LogP) is 2.44. The maximum Gasteiger partial charge on any atom is 0.119 e. The van der Waals surface area contributed by atoms with E-state index in [1.54, 1.807) is 12.1 Å². The van der Waals surface area contributed by atoms with Crippen LogP contribution in [0.1, 0.15) is 12.0 Å². The summed E-state index contributed by atoms with van der Waals surface area (Å²) in [5.41, 5.74) is 0.679. The fourth-order valence-corrected chi connectivity index (χ4v) is 2.50. The van der Waals surface area contributed by atoms with Gasteiger partial charge in [0, 0.05) is 5.75 Å². The zero-order chi connectivity index (χ0) is 9.80. The summed E-state index contributed by atoms with van der Waals surface area (Å²) >= 11 is 1.93. The van der Waals surface area contributed by atoms with E-state index in [9.17, 15) is 0 Å². The van der Waals surface area contributed by atoms with Crippen molar-refractivity contribution in [3.05, 3.63) is 29.8 Å². The molecule has 0 saturated carbocycles. The lowest BCUT2D eigenvalue weighted by Crippen LogP contribution is -2.14. The molecular formula is C11H11NOS. The Bertz CT molecular complexity index is 335. The highest BCUT2D eigenvalue weighted by Crippen LogP contribution is 2.23. The zero-order valence-corrected chi connectivity index (χ0v) is 8.59. The number of thioether (sulfide) groups is 1. The molecule has 1 aromatic carbocycles. The van der Waals surface area contributed by atoms with Crippen molar-refractivity contribution in [1.29, 1.82) is 5.26 Å². The van der Waals surface area contributed by atoms with E-state index in [2.05, 4.69) is 6.07 Å². The summed E-state index contributed by atoms with van der Waals surface area (Å²) in [4.78, 5) is 0. The molecule has 0 N–H and O–H groups in total. The van der Waals surface area contributed by atoms with Crippen LogP contribution in [0.5, 0.6) is 5.75 Å². The molecule has 2 nitrogen and oxygen atoms in total. The van der Waals surface area contributed by atoms with Crippen molar-refractivity contribution >= 4 is 11.8 Å². The van der Waals surface area contributed by atoms with Gasteiger partial charge in [-0.25, -0.2) is 0 Å². The number of hydrogen-bond donors (Lipinski definition) is 0. The Morgan fingerprint density at radius 3 is 2.71 bits per heavy atom. The van der Waals surface area contributed by atoms with Gasteiger partial charge in [-0.1, -0.05) is 0 Å². The molecule has 0 spiro atoms. The van der Waals surface area contributed by atoms with Gasteiger partial charge in [-0.05, 0) is 36.4 Å². The molecule has 1 saturated heterocycles. The maximum atomic E-state index is 8.62. The smallest absolute Gasteiger partial charge is 0.119 e. The van der Waals surface area contributed by atoms with E-state index in [0.717, 1.165) is 17.9 Å². The highest BCUT2D eigenvalue weighted by molar-refractivity contribution is 7.99. The minimum atomic E-state index is 0.355. The Hall–Kier alpha value is -1.14. The van der Waals surface area contributed by atoms with E-state index >= 15 is 0 Å². The molecule has 1 fully saturated rings. The fourth-order valence-electron chi connectivity index (χ4n) is 1.41. The molecule has 72 valence electrons. The van der Waals surface area contributed by atoms with Gasteiger partial charge in [0.2, 0.25) is 0 Å². The molecule has 14 heavy (non-hydrogen) atoms. The quantitative estimate of drug-likeness (QED) is 0.743. The lowest BCUT2D eigenvalue weighted by atomic mass is 10.2. The third-order valence-electron chi connectivity index (χ3n) is 2.17. The minimum absolute atomic E-state index is 0.355. The van der Waals surface area contributed by atoms with E-state index in [4.69, 9.17) is 10.00 Å². The van der Waals surface area contributed by atoms with Crippen LogP contribution in [-0.2, 0) is 0 Å². The first-order chi connectivity index (χ1) is 6.88. The van der Waals surface area contributed by atoms with Crippen LogP contribution in [0, 0.1) is 11.3 Å². The molecule has 1 atom stereocenters. The number of benzene rings is 1. The molecule has 1 heterocycles. The molecule has 0 bridgehead atoms. The second kappa shape index (κ2) is 4.39. The van der Waals surface area contributed by atoms with Gasteiger partial charge < -0.3 is 4.74 Å². The van der Waals surface area contributed by atoms with Gasteiger partial charge in [-0.3, -0.25) is 0 Å². The van der Waals surface area contributed by atoms with Crippen molar-refractivity contribution in [1.82, 2.24) is 0 Å². The first-order valence-electron chi connectivity index (χ1n) is 4.63. The molecule has 1 aromatic rings. The third-order valence-corrected chi connectivity index (χ3v) is 3.31. The van der Waals surface area contributed by atoms with Crippen LogP contribution in [0.15, 0.2) is 24.3 Å². The summed E-state index contributed by atoms with van der Waals surface area (Å²) in [6, 6.07) is 9.39. The summed E-state index contributed by atoms with van der Waals surface area (Å²) < 4.78 is 5.74. The van der Waals surface area contributed by atoms with Crippen molar-refractivity contribution in [2.45, 2.75) is 12.5 Å². The van der Waals surface area contributed by atoms with Gasteiger partial charge in [0.15, 0.2) is 0 Å². The van der Waals surface area contributed by atoms with Crippen LogP contribution in [0.25, 0.3) is 0 Å². The Kier molecular flexibility index (Phi) is 2.95. The second-order valence-electron chi connectivity index (χ2n) is 3.24. The normalized spacial score (nSPS) is 20.4. The van der Waals surface area contributed by atoms with E-state index in [1.165, 1.54) is 5.75 Å². The second-order valence-corrected chi connectivity index (χ2v) is 4.39. The molecule has 0 amide bonds. The van der Waals surface area contributed by atoms with Crippen molar-refractivity contribution in [3.8, 4) is 11.8 Å². The topological polar surface area (TPSA) is 33.0 Å². The van der Waals surface area contributed by atoms with Crippen molar-refractivity contribution < 1.29 is 4.74 Å². The third kappa shape index (κ3) is 2.21. The fraction of sp³-hybridized carbons (Fsp3) is 0.364. The molecule has 3 heteroatoms. The van der Waals surface area contributed by atoms with Gasteiger partial charge in [-0.2, -0.15) is 17.0 Å². The average molecular weight is 205 g/mol. The molecule has 0 aliphatic carbocycles. The standard InChI is InChI=1S/C11H11NOS/c12-7-9-1-3-10(4-2-9)13-11-5-6-14-8-11/h1-4,11H,5-6,8H2. The summed E-state index contributed by atoms with van der Waals surface area (Å²) in [6.07, 6.45) is 1.48. The molecule has 1 unspecified atom stereocenters. The number of ether oxygens (including phenoxy) is 1. The Morgan fingerprint density at radius 2 is 2.14 bits per heavy atom. The SMILES string of the molecule is N#Cc1ccc(OC2CCSC2)cc1. The lowest BCUT2D eigenvalue weighted by Gasteiger charge is -2.11. The predicted molar refractivity (Wildman–Crippen MR) is 57.5 cm³/mol. The average Bonchev–Trinajstić information content (AvgIpc) is 2.72. The number of nitrogens with zero attached hydrogens (tertiary/aromatic N) is 1. The number of hydrogen-bond acceptors (Lipinski definition) is 3. The molecule has 1 aliphatic heterocycles. The molecule has 1 aliphatic rings. The Labute approximate surface area is 87.9 Å². The van der Waals surface area contributed by atoms with Gasteiger partial charge in [0.05, 0.1) is 11.6 Å². The van der Waals surface area contributed by atoms with Gasteiger partial charge in [0.1, 0.15) is 11.9 Å². The zero-order valence-electron chi connectivity index (χ0n) is 7.77. The van der Waals surface area contributed by atoms with E-state index in [1.807, 2.05) is 23.9 Å². The molecule has 0 radical (unpaired) electrons. The molecular weight excluding hydrogens is 194 g/mol. The van der Waals surface area contributed by atoms with E-state index < -0.39 is 0 Å². The molecule has 0 aromatic heterocycles. The Balaban J connectivity index is 1.99. The molecule has 2 rings (SSSR count). The van der Waals surface area contributed by atoms with Crippen LogP contribution >= 0.6 is 11.8 Å². The first kappa shape index (κ1) is 9.42. The Morgan fingerprint density at radius 1 is 1.36 bits per heavy atom. The van der Waals surface area contributed by atoms with E-state index in [0.29, 0.717) is 11.7 Å². The first-order valence-corrected chi connectivity index (χ1v) is 5.78. The number of nitriles is 1. The van der Waals surface area contributed by atoms with E-state index in [-0.39, 0.29) is 0 Å². The van der Waals surface area contributed by atoms with Crippen LogP contribution in [-0.4, -0.2) is 17.6 Å². The monoisotopic (exact) mass is 205 g/mol.